The maximum absolute atomic E-state index is 11.1. The van der Waals surface area contributed by atoms with Crippen molar-refractivity contribution < 1.29 is 20.1 Å². The average Bonchev–Trinajstić information content (AvgIpc) is 2.14. The van der Waals surface area contributed by atoms with E-state index < -0.39 is 35.0 Å². The van der Waals surface area contributed by atoms with E-state index in [9.17, 15) is 4.79 Å². The molecule has 0 rings (SSSR count). The number of alkyl halides is 2. The third-order valence-electron chi connectivity index (χ3n) is 1.49. The molecular formula is C6H11Br2NO4. The summed E-state index contributed by atoms with van der Waals surface area (Å²) >= 11 is 5.88. The Balaban J connectivity index is 4.33. The Labute approximate surface area is 92.4 Å². The lowest BCUT2D eigenvalue weighted by Gasteiger charge is -2.28. The van der Waals surface area contributed by atoms with E-state index in [-0.39, 0.29) is 0 Å². The first kappa shape index (κ1) is 13.3. The summed E-state index contributed by atoms with van der Waals surface area (Å²) in [5, 5.41) is 28.8. The van der Waals surface area contributed by atoms with Crippen molar-refractivity contribution in [1.82, 2.24) is 5.32 Å². The number of aliphatic hydroxyl groups is 3. The van der Waals surface area contributed by atoms with E-state index in [1.54, 1.807) is 0 Å². The standard InChI is InChI=1S/C6H11Br2NO4/c7-4(8)5(13)9-6(1-10,2-11)3-12/h4,10-12H,1-3H2,(H,9,13). The van der Waals surface area contributed by atoms with Crippen LogP contribution in [-0.2, 0) is 4.79 Å². The van der Waals surface area contributed by atoms with Crippen molar-refractivity contribution in [3.8, 4) is 0 Å². The summed E-state index contributed by atoms with van der Waals surface area (Å²) in [6.07, 6.45) is 0. The molecule has 1 amide bonds. The van der Waals surface area contributed by atoms with Crippen LogP contribution in [0.15, 0.2) is 0 Å². The number of hydrogen-bond acceptors (Lipinski definition) is 4. The van der Waals surface area contributed by atoms with Gasteiger partial charge in [-0.2, -0.15) is 0 Å². The van der Waals surface area contributed by atoms with Gasteiger partial charge in [0.05, 0.1) is 19.8 Å². The van der Waals surface area contributed by atoms with Gasteiger partial charge in [-0.15, -0.1) is 0 Å². The molecule has 0 aliphatic carbocycles. The van der Waals surface area contributed by atoms with Crippen LogP contribution in [0.1, 0.15) is 0 Å². The first-order valence-electron chi connectivity index (χ1n) is 3.44. The molecule has 0 aromatic rings. The maximum atomic E-state index is 11.1. The molecule has 0 aliphatic heterocycles. The van der Waals surface area contributed by atoms with Gasteiger partial charge in [-0.1, -0.05) is 31.9 Å². The van der Waals surface area contributed by atoms with E-state index in [0.717, 1.165) is 0 Å². The van der Waals surface area contributed by atoms with E-state index in [4.69, 9.17) is 15.3 Å². The minimum Gasteiger partial charge on any atom is -0.394 e. The summed E-state index contributed by atoms with van der Waals surface area (Å²) in [6.45, 7) is -1.59. The molecule has 5 nitrogen and oxygen atoms in total. The zero-order chi connectivity index (χ0) is 10.5. The molecule has 0 aromatic carbocycles. The lowest BCUT2D eigenvalue weighted by Crippen LogP contribution is -2.58. The van der Waals surface area contributed by atoms with Gasteiger partial charge < -0.3 is 20.6 Å². The van der Waals surface area contributed by atoms with Crippen molar-refractivity contribution >= 4 is 37.8 Å². The Bertz CT molecular complexity index is 164. The van der Waals surface area contributed by atoms with Gasteiger partial charge in [0.1, 0.15) is 9.28 Å². The molecular weight excluding hydrogens is 310 g/mol. The first-order chi connectivity index (χ1) is 6.01. The van der Waals surface area contributed by atoms with Crippen LogP contribution in [0.4, 0.5) is 0 Å². The molecule has 4 N–H and O–H groups in total. The third kappa shape index (κ3) is 3.90. The van der Waals surface area contributed by atoms with Crippen molar-refractivity contribution in [1.29, 1.82) is 0 Å². The van der Waals surface area contributed by atoms with Gasteiger partial charge in [0.15, 0.2) is 0 Å². The number of nitrogens with one attached hydrogen (secondary N) is 1. The van der Waals surface area contributed by atoms with Crippen molar-refractivity contribution in [3.63, 3.8) is 0 Å². The predicted molar refractivity (Wildman–Crippen MR) is 53.8 cm³/mol. The van der Waals surface area contributed by atoms with Gasteiger partial charge in [0.2, 0.25) is 5.91 Å². The van der Waals surface area contributed by atoms with Crippen LogP contribution in [0.3, 0.4) is 0 Å². The second kappa shape index (κ2) is 5.92. The van der Waals surface area contributed by atoms with E-state index >= 15 is 0 Å². The van der Waals surface area contributed by atoms with Crippen LogP contribution in [0.5, 0.6) is 0 Å². The molecule has 0 aliphatic rings. The van der Waals surface area contributed by atoms with Crippen molar-refractivity contribution in [2.75, 3.05) is 19.8 Å². The summed E-state index contributed by atoms with van der Waals surface area (Å²) in [5.41, 5.74) is -1.36. The van der Waals surface area contributed by atoms with Crippen LogP contribution in [0.2, 0.25) is 0 Å². The molecule has 13 heavy (non-hydrogen) atoms. The Kier molecular flexibility index (Phi) is 6.06. The maximum Gasteiger partial charge on any atom is 0.245 e. The SMILES string of the molecule is O=C(NC(CO)(CO)CO)C(Br)Br. The summed E-state index contributed by atoms with van der Waals surface area (Å²) < 4.78 is -0.621. The van der Waals surface area contributed by atoms with Gasteiger partial charge in [0.25, 0.3) is 0 Å². The lowest BCUT2D eigenvalue weighted by molar-refractivity contribution is -0.123. The number of amides is 1. The Morgan fingerprint density at radius 1 is 1.23 bits per heavy atom. The molecule has 0 spiro atoms. The topological polar surface area (TPSA) is 89.8 Å². The van der Waals surface area contributed by atoms with Gasteiger partial charge in [0, 0.05) is 0 Å². The van der Waals surface area contributed by atoms with E-state index in [1.165, 1.54) is 0 Å². The predicted octanol–water partition coefficient (Wildman–Crippen LogP) is -1.07. The normalized spacial score (nSPS) is 11.8. The van der Waals surface area contributed by atoms with Crippen LogP contribution >= 0.6 is 31.9 Å². The fraction of sp³-hybridized carbons (Fsp3) is 0.833. The number of carbonyl (C=O) groups excluding carboxylic acids is 1. The molecule has 0 saturated heterocycles. The van der Waals surface area contributed by atoms with Gasteiger partial charge in [-0.05, 0) is 0 Å². The summed E-state index contributed by atoms with van der Waals surface area (Å²) in [7, 11) is 0. The number of carbonyl (C=O) groups is 1. The van der Waals surface area contributed by atoms with E-state index in [0.29, 0.717) is 0 Å². The minimum absolute atomic E-state index is 0.475. The highest BCUT2D eigenvalue weighted by molar-refractivity contribution is 9.25. The largest absolute Gasteiger partial charge is 0.394 e. The molecule has 0 heterocycles. The zero-order valence-electron chi connectivity index (χ0n) is 6.70. The lowest BCUT2D eigenvalue weighted by atomic mass is 10.0. The molecule has 7 heteroatoms. The highest BCUT2D eigenvalue weighted by atomic mass is 79.9. The van der Waals surface area contributed by atoms with Gasteiger partial charge in [-0.25, -0.2) is 0 Å². The molecule has 0 unspecified atom stereocenters. The third-order valence-corrected chi connectivity index (χ3v) is 2.33. The molecule has 0 saturated carbocycles. The number of aliphatic hydroxyl groups excluding tert-OH is 3. The van der Waals surface area contributed by atoms with Crippen molar-refractivity contribution in [3.05, 3.63) is 0 Å². The monoisotopic (exact) mass is 319 g/mol. The zero-order valence-corrected chi connectivity index (χ0v) is 9.88. The van der Waals surface area contributed by atoms with Gasteiger partial charge in [-0.3, -0.25) is 4.79 Å². The van der Waals surface area contributed by atoms with Crippen molar-refractivity contribution in [2.45, 2.75) is 9.28 Å². The Hall–Kier alpha value is 0.310. The average molecular weight is 321 g/mol. The second-order valence-corrected chi connectivity index (χ2v) is 5.60. The van der Waals surface area contributed by atoms with Crippen LogP contribution in [0.25, 0.3) is 0 Å². The number of hydrogen-bond donors (Lipinski definition) is 4. The molecule has 0 fully saturated rings. The summed E-state index contributed by atoms with van der Waals surface area (Å²) in [5.74, 6) is -0.475. The molecule has 0 atom stereocenters. The molecule has 0 radical (unpaired) electrons. The minimum atomic E-state index is -1.36. The molecule has 0 bridgehead atoms. The highest BCUT2D eigenvalue weighted by Crippen LogP contribution is 2.10. The van der Waals surface area contributed by atoms with Gasteiger partial charge >= 0.3 is 0 Å². The Morgan fingerprint density at radius 2 is 1.62 bits per heavy atom. The smallest absolute Gasteiger partial charge is 0.245 e. The van der Waals surface area contributed by atoms with Crippen LogP contribution in [-0.4, -0.2) is 50.3 Å². The Morgan fingerprint density at radius 3 is 1.85 bits per heavy atom. The first-order valence-corrected chi connectivity index (χ1v) is 5.27. The second-order valence-electron chi connectivity index (χ2n) is 2.54. The summed E-state index contributed by atoms with van der Waals surface area (Å²) in [4.78, 5) is 11.1. The molecule has 78 valence electrons. The summed E-state index contributed by atoms with van der Waals surface area (Å²) in [6, 6.07) is 0. The quantitative estimate of drug-likeness (QED) is 0.486. The van der Waals surface area contributed by atoms with Crippen LogP contribution in [0, 0.1) is 0 Å². The highest BCUT2D eigenvalue weighted by Gasteiger charge is 2.31. The fourth-order valence-electron chi connectivity index (χ4n) is 0.584. The van der Waals surface area contributed by atoms with E-state index in [2.05, 4.69) is 37.2 Å². The number of rotatable bonds is 5. The van der Waals surface area contributed by atoms with Crippen molar-refractivity contribution in [2.24, 2.45) is 0 Å². The number of halogens is 2. The fourth-order valence-corrected chi connectivity index (χ4v) is 0.813. The van der Waals surface area contributed by atoms with Crippen LogP contribution < -0.4 is 5.32 Å². The molecule has 0 aromatic heterocycles. The van der Waals surface area contributed by atoms with E-state index in [1.807, 2.05) is 0 Å².